The summed E-state index contributed by atoms with van der Waals surface area (Å²) in [6, 6.07) is 28.2. The van der Waals surface area contributed by atoms with Crippen molar-refractivity contribution in [2.24, 2.45) is 34.0 Å². The molecule has 6 spiro atoms. The second-order valence-corrected chi connectivity index (χ2v) is 35.4. The van der Waals surface area contributed by atoms with Gasteiger partial charge >= 0.3 is 0 Å². The van der Waals surface area contributed by atoms with Gasteiger partial charge in [0.05, 0.1) is 33.6 Å². The minimum absolute atomic E-state index is 0.129. The number of ketones is 1. The second kappa shape index (κ2) is 23.8. The number of hydrogen-bond acceptors (Lipinski definition) is 9. The van der Waals surface area contributed by atoms with Crippen LogP contribution in [-0.2, 0) is 19.0 Å². The first-order chi connectivity index (χ1) is 49.0. The zero-order valence-electron chi connectivity index (χ0n) is 60.4. The van der Waals surface area contributed by atoms with Crippen molar-refractivity contribution in [1.29, 1.82) is 0 Å². The van der Waals surface area contributed by atoms with E-state index in [0.29, 0.717) is 79.3 Å². The van der Waals surface area contributed by atoms with Crippen molar-refractivity contribution >= 4 is 38.1 Å². The highest BCUT2D eigenvalue weighted by Crippen LogP contribution is 2.73. The highest BCUT2D eigenvalue weighted by atomic mass is 19.1. The molecule has 3 aromatic carbocycles. The number of nitrogens with zero attached hydrogens (tertiary/aromatic N) is 5. The molecule has 6 aliphatic heterocycles. The minimum Gasteiger partial charge on any atom is -0.359 e. The molecule has 9 aliphatic carbocycles. The fraction of sp³-hybridized carbons (Fsp3) is 0.556. The predicted octanol–water partition coefficient (Wildman–Crippen LogP) is 19.5. The standard InChI is InChI=1S/2C31H37FN2O.C28H29NO2/c2*1-29-11-9-25-18-24-5-6-26(34(2)16-14-32)19-30(24)12-13-31(25,35-30)28(29)8-7-27(29)22-4-3-21-10-15-33-20-23(21)17-22;1-26-10-8-22-15-21-4-5-23(30)16-27(21)11-12-28(22,31-27)25(26)7-6-24(26)19-3-2-18-9-13-29-17-20(18)14-19/h2*3-4,9-10,15,17-18,20,26-28H,5-8,11-14,16,19H2,1-2H3;2-3,8-9,13-15,17,24-25H,4-7,10-12,16H2,1H3/t26-,27?,28+,29+,30+,31+;26-,27?,28-,29-,30-,31-;24-,25-,26-,27-,28-/m011/s1. The maximum absolute atomic E-state index is 13.1. The Balaban J connectivity index is 0.000000105. The maximum Gasteiger partial charge on any atom is 0.136 e. The highest BCUT2D eigenvalue weighted by Gasteiger charge is 2.70. The van der Waals surface area contributed by atoms with Crippen LogP contribution < -0.4 is 0 Å². The average Bonchev–Trinajstić information content (AvgIpc) is 1.56. The minimum atomic E-state index is -0.294. The van der Waals surface area contributed by atoms with Gasteiger partial charge in [-0.05, 0) is 310 Å². The van der Waals surface area contributed by atoms with E-state index in [1.807, 2.05) is 37.2 Å². The Labute approximate surface area is 596 Å². The number of halogens is 2. The first-order valence-electron chi connectivity index (χ1n) is 39.4. The number of rotatable bonds is 9. The van der Waals surface area contributed by atoms with Gasteiger partial charge in [0.25, 0.3) is 0 Å². The molecule has 0 N–H and O–H groups in total. The molecule has 9 fully saturated rings. The molecule has 101 heavy (non-hydrogen) atoms. The van der Waals surface area contributed by atoms with Crippen LogP contribution >= 0.6 is 0 Å². The van der Waals surface area contributed by atoms with E-state index in [9.17, 15) is 13.6 Å². The van der Waals surface area contributed by atoms with Gasteiger partial charge in [-0.3, -0.25) is 19.7 Å². The van der Waals surface area contributed by atoms with E-state index in [-0.39, 0.29) is 63.2 Å². The molecule has 15 aliphatic rings. The zero-order valence-corrected chi connectivity index (χ0v) is 60.4. The number of aromatic nitrogens is 3. The van der Waals surface area contributed by atoms with Crippen LogP contribution in [0.25, 0.3) is 32.3 Å². The van der Waals surface area contributed by atoms with Gasteiger partial charge < -0.3 is 24.0 Å². The van der Waals surface area contributed by atoms with Crippen LogP contribution in [0, 0.1) is 34.0 Å². The molecule has 6 saturated carbocycles. The third-order valence-corrected chi connectivity index (χ3v) is 31.1. The van der Waals surface area contributed by atoms with Crippen LogP contribution in [-0.4, -0.2) is 117 Å². The van der Waals surface area contributed by atoms with Gasteiger partial charge in [-0.25, -0.2) is 8.78 Å². The molecule has 6 aromatic rings. The Kier molecular flexibility index (Phi) is 15.4. The summed E-state index contributed by atoms with van der Waals surface area (Å²) in [6.45, 7) is 8.10. The first kappa shape index (κ1) is 65.4. The van der Waals surface area contributed by atoms with Crippen molar-refractivity contribution < 1.29 is 27.8 Å². The Morgan fingerprint density at radius 3 is 1.19 bits per heavy atom. The summed E-state index contributed by atoms with van der Waals surface area (Å²) in [5, 5.41) is 7.52. The SMILES string of the molecule is CN(CCF)[C@@H]1CCC2=CC3=CC[C@]4(C)C(c5ccc6ccncc6c5)CC[C@H]4[C@@]34CC[C@]2(C1)O4.CN(CCF)[C@H]1CCC2=CC3=CC[C@]4(C)C(c5ccc6ccncc6c5)CC[C@H]4[C@@]34CC[C@]2(C1)O4.C[C@]12CC=C3C=C4CCC(=O)C[C@]45CC[C@]3(O5)[C@@H]1CC[C@@H]2c1ccc2ccncc2c1. The first-order valence-corrected chi connectivity index (χ1v) is 39.4. The van der Waals surface area contributed by atoms with Gasteiger partial charge in [0.1, 0.15) is 19.1 Å². The van der Waals surface area contributed by atoms with Gasteiger partial charge in [-0.15, -0.1) is 0 Å². The largest absolute Gasteiger partial charge is 0.359 e. The van der Waals surface area contributed by atoms with Crippen molar-refractivity contribution in [2.75, 3.05) is 40.5 Å². The number of hydrogen-bond donors (Lipinski definition) is 0. The quantitative estimate of drug-likeness (QED) is 0.140. The fourth-order valence-electron chi connectivity index (χ4n) is 26.0. The van der Waals surface area contributed by atoms with Crippen LogP contribution in [0.2, 0.25) is 0 Å². The number of allylic oxidation sites excluding steroid dienone is 3. The van der Waals surface area contributed by atoms with E-state index in [4.69, 9.17) is 14.2 Å². The van der Waals surface area contributed by atoms with Gasteiger partial charge in [0, 0.05) is 91.4 Å². The maximum atomic E-state index is 13.1. The van der Waals surface area contributed by atoms with Gasteiger partial charge in [-0.2, -0.15) is 0 Å². The normalized spacial score (nSPS) is 40.0. The molecule has 0 radical (unpaired) electrons. The van der Waals surface area contributed by atoms with E-state index in [1.54, 1.807) is 0 Å². The van der Waals surface area contributed by atoms with Crippen molar-refractivity contribution in [3.63, 3.8) is 0 Å². The van der Waals surface area contributed by atoms with Crippen LogP contribution in [0.1, 0.15) is 209 Å². The molecule has 0 amide bonds. The Morgan fingerprint density at radius 2 is 0.802 bits per heavy atom. The summed E-state index contributed by atoms with van der Waals surface area (Å²) in [7, 11) is 4.18. The Morgan fingerprint density at radius 1 is 0.436 bits per heavy atom. The molecule has 9 heterocycles. The summed E-state index contributed by atoms with van der Waals surface area (Å²) in [4.78, 5) is 29.9. The number of pyridine rings is 3. The van der Waals surface area contributed by atoms with E-state index in [1.165, 1.54) is 121 Å². The number of Topliss-reactive ketones (excluding diaryl/α,β-unsaturated/α-hetero) is 1. The lowest BCUT2D eigenvalue weighted by Gasteiger charge is -2.55. The third-order valence-electron chi connectivity index (χ3n) is 31.1. The Hall–Kier alpha value is -6.34. The molecule has 3 aromatic heterocycles. The predicted molar refractivity (Wildman–Crippen MR) is 397 cm³/mol. The summed E-state index contributed by atoms with van der Waals surface area (Å²) in [5.74, 6) is 3.62. The number of ether oxygens (including phenoxy) is 3. The highest BCUT2D eigenvalue weighted by molar-refractivity contribution is 5.85. The smallest absolute Gasteiger partial charge is 0.136 e. The molecule has 2 unspecified atom stereocenters. The van der Waals surface area contributed by atoms with E-state index in [0.717, 1.165) is 103 Å². The van der Waals surface area contributed by atoms with Crippen LogP contribution in [0.4, 0.5) is 8.78 Å². The average molecular weight is 1360 g/mol. The Bertz CT molecular complexity index is 4380. The van der Waals surface area contributed by atoms with Crippen LogP contribution in [0.5, 0.6) is 0 Å². The second-order valence-electron chi connectivity index (χ2n) is 35.4. The van der Waals surface area contributed by atoms with Crippen molar-refractivity contribution in [2.45, 2.75) is 238 Å². The van der Waals surface area contributed by atoms with E-state index >= 15 is 0 Å². The van der Waals surface area contributed by atoms with E-state index < -0.39 is 0 Å². The van der Waals surface area contributed by atoms with Crippen molar-refractivity contribution in [3.8, 4) is 0 Å². The van der Waals surface area contributed by atoms with Crippen molar-refractivity contribution in [1.82, 2.24) is 24.8 Å². The number of alkyl halides is 2. The summed E-state index contributed by atoms with van der Waals surface area (Å²) >= 11 is 0. The summed E-state index contributed by atoms with van der Waals surface area (Å²) < 4.78 is 48.1. The lowest BCUT2D eigenvalue weighted by atomic mass is 9.58. The van der Waals surface area contributed by atoms with Gasteiger partial charge in [-0.1, -0.05) is 93.6 Å². The molecule has 3 saturated heterocycles. The molecular weight excluding hydrogens is 1250 g/mol. The van der Waals surface area contributed by atoms with Crippen molar-refractivity contribution in [3.05, 3.63) is 197 Å². The molecule has 6 bridgehead atoms. The fourth-order valence-corrected chi connectivity index (χ4v) is 26.0. The lowest BCUT2D eigenvalue weighted by Crippen LogP contribution is -2.55. The van der Waals surface area contributed by atoms with Crippen LogP contribution in [0.15, 0.2) is 180 Å². The molecule has 21 rings (SSSR count). The molecule has 526 valence electrons. The number of fused-ring (bicyclic) bond motifs is 6. The molecule has 11 heteroatoms. The number of benzene rings is 3. The number of carbonyl (C=O) groups excluding carboxylic acids is 1. The van der Waals surface area contributed by atoms with E-state index in [2.05, 4.69) is 169 Å². The topological polar surface area (TPSA) is 89.9 Å². The molecule has 9 nitrogen and oxygen atoms in total. The van der Waals surface area contributed by atoms with Crippen LogP contribution in [0.3, 0.4) is 0 Å². The summed E-state index contributed by atoms with van der Waals surface area (Å²) in [6.07, 6.45) is 52.7. The zero-order chi connectivity index (χ0) is 68.5. The van der Waals surface area contributed by atoms with Gasteiger partial charge in [0.2, 0.25) is 0 Å². The number of carbonyl (C=O) groups is 1. The molecular formula is C90H103F2N5O4. The monoisotopic (exact) mass is 1360 g/mol. The molecule has 17 atom stereocenters. The third kappa shape index (κ3) is 9.78. The van der Waals surface area contributed by atoms with Gasteiger partial charge in [0.15, 0.2) is 0 Å². The summed E-state index contributed by atoms with van der Waals surface area (Å²) in [5.41, 5.74) is 12.8. The lowest BCUT2D eigenvalue weighted by molar-refractivity contribution is -0.146.